The lowest BCUT2D eigenvalue weighted by atomic mass is 10.1. The first-order valence-corrected chi connectivity index (χ1v) is 5.00. The molecule has 4 nitrogen and oxygen atoms in total. The van der Waals surface area contributed by atoms with Crippen molar-refractivity contribution in [2.45, 2.75) is 19.8 Å². The van der Waals surface area contributed by atoms with Crippen LogP contribution in [0.5, 0.6) is 5.75 Å². The van der Waals surface area contributed by atoms with Crippen LogP contribution < -0.4 is 4.74 Å². The van der Waals surface area contributed by atoms with E-state index in [1.54, 1.807) is 6.07 Å². The zero-order chi connectivity index (χ0) is 12.0. The maximum absolute atomic E-state index is 10.6. The molecule has 16 heavy (non-hydrogen) atoms. The Bertz CT molecular complexity index is 443. The third-order valence-corrected chi connectivity index (χ3v) is 1.99. The summed E-state index contributed by atoms with van der Waals surface area (Å²) in [5.74, 6) is 6.35. The quantitative estimate of drug-likeness (QED) is 0.446. The summed E-state index contributed by atoms with van der Waals surface area (Å²) < 4.78 is 5.06. The molecule has 0 N–H and O–H groups in total. The molecule has 4 heteroatoms. The van der Waals surface area contributed by atoms with Gasteiger partial charge < -0.3 is 4.74 Å². The van der Waals surface area contributed by atoms with Gasteiger partial charge in [-0.05, 0) is 12.5 Å². The number of rotatable bonds is 3. The molecule has 0 unspecified atom stereocenters. The average molecular weight is 219 g/mol. The predicted octanol–water partition coefficient (Wildman–Crippen LogP) is 2.76. The van der Waals surface area contributed by atoms with Crippen molar-refractivity contribution in [3.63, 3.8) is 0 Å². The third-order valence-electron chi connectivity index (χ3n) is 1.99. The lowest BCUT2D eigenvalue weighted by Gasteiger charge is -2.02. The van der Waals surface area contributed by atoms with Gasteiger partial charge in [-0.25, -0.2) is 0 Å². The summed E-state index contributed by atoms with van der Waals surface area (Å²) >= 11 is 0. The van der Waals surface area contributed by atoms with E-state index >= 15 is 0 Å². The van der Waals surface area contributed by atoms with Gasteiger partial charge in [0, 0.05) is 12.5 Å². The summed E-state index contributed by atoms with van der Waals surface area (Å²) in [7, 11) is 1.48. The van der Waals surface area contributed by atoms with Gasteiger partial charge in [0.25, 0.3) is 5.69 Å². The Morgan fingerprint density at radius 1 is 1.50 bits per heavy atom. The van der Waals surface area contributed by atoms with E-state index < -0.39 is 4.92 Å². The number of unbranched alkanes of at least 4 members (excludes halogenated alkanes) is 1. The molecule has 0 aliphatic rings. The fourth-order valence-corrected chi connectivity index (χ4v) is 1.18. The number of nitrogens with zero attached hydrogens (tertiary/aromatic N) is 1. The van der Waals surface area contributed by atoms with Gasteiger partial charge in [-0.2, -0.15) is 0 Å². The number of ether oxygens (including phenoxy) is 1. The summed E-state index contributed by atoms with van der Waals surface area (Å²) in [6, 6.07) is 4.42. The van der Waals surface area contributed by atoms with E-state index in [0.717, 1.165) is 12.8 Å². The van der Waals surface area contributed by atoms with Gasteiger partial charge in [-0.3, -0.25) is 10.1 Å². The highest BCUT2D eigenvalue weighted by atomic mass is 16.6. The first-order chi connectivity index (χ1) is 7.69. The van der Waals surface area contributed by atoms with Gasteiger partial charge >= 0.3 is 0 Å². The van der Waals surface area contributed by atoms with Crippen molar-refractivity contribution in [1.82, 2.24) is 0 Å². The molecule has 0 heterocycles. The summed E-state index contributed by atoms with van der Waals surface area (Å²) in [5, 5.41) is 10.6. The first-order valence-electron chi connectivity index (χ1n) is 5.00. The van der Waals surface area contributed by atoms with Gasteiger partial charge in [-0.1, -0.05) is 18.8 Å². The molecule has 0 saturated heterocycles. The Morgan fingerprint density at radius 2 is 2.25 bits per heavy atom. The van der Waals surface area contributed by atoms with E-state index in [2.05, 4.69) is 11.8 Å². The van der Waals surface area contributed by atoms with E-state index in [4.69, 9.17) is 4.74 Å². The van der Waals surface area contributed by atoms with Gasteiger partial charge in [0.2, 0.25) is 0 Å². The Balaban J connectivity index is 3.03. The summed E-state index contributed by atoms with van der Waals surface area (Å²) in [6.45, 7) is 2.04. The molecule has 0 saturated carbocycles. The van der Waals surface area contributed by atoms with Crippen LogP contribution in [0.4, 0.5) is 5.69 Å². The number of nitro groups is 1. The van der Waals surface area contributed by atoms with Gasteiger partial charge in [-0.15, -0.1) is 0 Å². The minimum atomic E-state index is -0.453. The largest absolute Gasteiger partial charge is 0.495 e. The van der Waals surface area contributed by atoms with Crippen LogP contribution in [0.3, 0.4) is 0 Å². The van der Waals surface area contributed by atoms with Crippen molar-refractivity contribution in [3.05, 3.63) is 33.9 Å². The Labute approximate surface area is 94.4 Å². The summed E-state index contributed by atoms with van der Waals surface area (Å²) in [4.78, 5) is 10.1. The standard InChI is InChI=1S/C12H13NO3/c1-3-4-5-6-10-7-8-11(13(14)15)9-12(10)16-2/h7-9H,3-4H2,1-2H3. The maximum Gasteiger partial charge on any atom is 0.273 e. The molecular formula is C12H13NO3. The van der Waals surface area contributed by atoms with Crippen LogP contribution in [0.2, 0.25) is 0 Å². The maximum atomic E-state index is 10.6. The predicted molar refractivity (Wildman–Crippen MR) is 61.4 cm³/mol. The molecule has 0 bridgehead atoms. The van der Waals surface area contributed by atoms with Crippen molar-refractivity contribution in [2.24, 2.45) is 0 Å². The molecule has 0 amide bonds. The zero-order valence-electron chi connectivity index (χ0n) is 9.32. The molecule has 1 aromatic carbocycles. The van der Waals surface area contributed by atoms with Crippen molar-refractivity contribution in [3.8, 4) is 17.6 Å². The lowest BCUT2D eigenvalue weighted by molar-refractivity contribution is -0.384. The summed E-state index contributed by atoms with van der Waals surface area (Å²) in [5.41, 5.74) is 0.694. The second-order valence-corrected chi connectivity index (χ2v) is 3.19. The van der Waals surface area contributed by atoms with E-state index in [1.807, 2.05) is 6.92 Å². The second kappa shape index (κ2) is 5.76. The van der Waals surface area contributed by atoms with Crippen molar-refractivity contribution in [1.29, 1.82) is 0 Å². The Kier molecular flexibility index (Phi) is 4.34. The minimum Gasteiger partial charge on any atom is -0.495 e. The van der Waals surface area contributed by atoms with Crippen LogP contribution in [-0.2, 0) is 0 Å². The fraction of sp³-hybridized carbons (Fsp3) is 0.333. The Morgan fingerprint density at radius 3 is 2.81 bits per heavy atom. The average Bonchev–Trinajstić information content (AvgIpc) is 2.29. The minimum absolute atomic E-state index is 0.0119. The molecule has 1 aromatic rings. The molecule has 0 atom stereocenters. The molecule has 1 rings (SSSR count). The highest BCUT2D eigenvalue weighted by Gasteiger charge is 2.09. The topological polar surface area (TPSA) is 52.4 Å². The SMILES string of the molecule is CCCC#Cc1ccc([N+](=O)[O-])cc1OC. The number of hydrogen-bond donors (Lipinski definition) is 0. The number of hydrogen-bond acceptors (Lipinski definition) is 3. The zero-order valence-corrected chi connectivity index (χ0v) is 9.32. The van der Waals surface area contributed by atoms with Gasteiger partial charge in [0.1, 0.15) is 5.75 Å². The Hall–Kier alpha value is -2.02. The third kappa shape index (κ3) is 2.99. The van der Waals surface area contributed by atoms with Crippen LogP contribution in [0.25, 0.3) is 0 Å². The van der Waals surface area contributed by atoms with Crippen LogP contribution >= 0.6 is 0 Å². The monoisotopic (exact) mass is 219 g/mol. The summed E-state index contributed by atoms with van der Waals surface area (Å²) in [6.07, 6.45) is 1.79. The highest BCUT2D eigenvalue weighted by molar-refractivity contribution is 5.51. The van der Waals surface area contributed by atoms with E-state index in [0.29, 0.717) is 11.3 Å². The molecule has 0 spiro atoms. The van der Waals surface area contributed by atoms with Crippen LogP contribution in [0.1, 0.15) is 25.3 Å². The molecule has 0 aliphatic carbocycles. The smallest absolute Gasteiger partial charge is 0.273 e. The fourth-order valence-electron chi connectivity index (χ4n) is 1.18. The highest BCUT2D eigenvalue weighted by Crippen LogP contribution is 2.23. The van der Waals surface area contributed by atoms with E-state index in [9.17, 15) is 10.1 Å². The van der Waals surface area contributed by atoms with Gasteiger partial charge in [0.15, 0.2) is 0 Å². The number of non-ortho nitro benzene ring substituents is 1. The number of benzene rings is 1. The molecular weight excluding hydrogens is 206 g/mol. The molecule has 0 fully saturated rings. The van der Waals surface area contributed by atoms with Crippen molar-refractivity contribution >= 4 is 5.69 Å². The van der Waals surface area contributed by atoms with E-state index in [-0.39, 0.29) is 5.69 Å². The van der Waals surface area contributed by atoms with Crippen LogP contribution in [-0.4, -0.2) is 12.0 Å². The van der Waals surface area contributed by atoms with Crippen LogP contribution in [0, 0.1) is 22.0 Å². The number of nitro benzene ring substituents is 1. The van der Waals surface area contributed by atoms with Crippen molar-refractivity contribution < 1.29 is 9.66 Å². The first kappa shape index (κ1) is 12.1. The second-order valence-electron chi connectivity index (χ2n) is 3.19. The molecule has 0 radical (unpaired) electrons. The molecule has 0 aliphatic heterocycles. The van der Waals surface area contributed by atoms with Gasteiger partial charge in [0.05, 0.1) is 23.7 Å². The van der Waals surface area contributed by atoms with E-state index in [1.165, 1.54) is 19.2 Å². The normalized spacial score (nSPS) is 9.12. The van der Waals surface area contributed by atoms with Crippen molar-refractivity contribution in [2.75, 3.05) is 7.11 Å². The molecule has 84 valence electrons. The molecule has 0 aromatic heterocycles. The lowest BCUT2D eigenvalue weighted by Crippen LogP contribution is -1.92. The number of methoxy groups -OCH3 is 1. The van der Waals surface area contributed by atoms with Crippen LogP contribution in [0.15, 0.2) is 18.2 Å².